The van der Waals surface area contributed by atoms with Crippen LogP contribution in [0.1, 0.15) is 6.92 Å². The van der Waals surface area contributed by atoms with Crippen molar-refractivity contribution in [3.05, 3.63) is 0 Å². The highest BCUT2D eigenvalue weighted by molar-refractivity contribution is 5.71. The van der Waals surface area contributed by atoms with Crippen molar-refractivity contribution < 1.29 is 9.53 Å². The highest BCUT2D eigenvalue weighted by Gasteiger charge is 2.11. The molecule has 6 nitrogen and oxygen atoms in total. The zero-order valence-corrected chi connectivity index (χ0v) is 11.3. The predicted molar refractivity (Wildman–Crippen MR) is 71.7 cm³/mol. The number of carbonyl (C=O) groups is 1. The maximum Gasteiger partial charge on any atom is 0.320 e. The van der Waals surface area contributed by atoms with Crippen LogP contribution < -0.4 is 16.0 Å². The predicted octanol–water partition coefficient (Wildman–Crippen LogP) is -1.37. The fraction of sp³-hybridized carbons (Fsp3) is 0.917. The van der Waals surface area contributed by atoms with Crippen LogP contribution in [0.3, 0.4) is 0 Å². The second-order valence-corrected chi connectivity index (χ2v) is 4.33. The highest BCUT2D eigenvalue weighted by atomic mass is 16.5. The number of hydrogen-bond acceptors (Lipinski definition) is 6. The fourth-order valence-corrected chi connectivity index (χ4v) is 1.86. The van der Waals surface area contributed by atoms with E-state index in [1.807, 2.05) is 6.92 Å². The molecule has 18 heavy (non-hydrogen) atoms. The lowest BCUT2D eigenvalue weighted by Crippen LogP contribution is -2.43. The van der Waals surface area contributed by atoms with Crippen molar-refractivity contribution in [1.82, 2.24) is 20.9 Å². The van der Waals surface area contributed by atoms with Gasteiger partial charge in [0, 0.05) is 52.4 Å². The fourth-order valence-electron chi connectivity index (χ4n) is 1.86. The zero-order valence-electron chi connectivity index (χ0n) is 11.3. The zero-order chi connectivity index (χ0) is 13.1. The number of ether oxygens (including phenoxy) is 1. The summed E-state index contributed by atoms with van der Waals surface area (Å²) in [5.74, 6) is -0.133. The van der Waals surface area contributed by atoms with Crippen molar-refractivity contribution in [2.75, 3.05) is 65.5 Å². The normalized spacial score (nSPS) is 20.7. The van der Waals surface area contributed by atoms with Crippen LogP contribution in [0.5, 0.6) is 0 Å². The molecule has 0 aromatic heterocycles. The van der Waals surface area contributed by atoms with E-state index in [4.69, 9.17) is 4.74 Å². The molecule has 1 aliphatic heterocycles. The standard InChI is InChI=1S/C12H26N4O2/c1-2-18-12(17)11-16-9-7-14-5-3-13-4-6-15-8-10-16/h13-15H,2-11H2,1H3. The summed E-state index contributed by atoms with van der Waals surface area (Å²) in [5, 5.41) is 10.1. The molecule has 1 aliphatic rings. The SMILES string of the molecule is CCOC(=O)CN1CCNCCNCCNCC1. The maximum absolute atomic E-state index is 11.5. The first-order valence-corrected chi connectivity index (χ1v) is 6.83. The van der Waals surface area contributed by atoms with Gasteiger partial charge in [0.25, 0.3) is 0 Å². The van der Waals surface area contributed by atoms with Gasteiger partial charge in [0.2, 0.25) is 0 Å². The van der Waals surface area contributed by atoms with Crippen LogP contribution in [-0.2, 0) is 9.53 Å². The van der Waals surface area contributed by atoms with Gasteiger partial charge in [0.15, 0.2) is 0 Å². The van der Waals surface area contributed by atoms with Gasteiger partial charge in [-0.1, -0.05) is 0 Å². The largest absolute Gasteiger partial charge is 0.465 e. The van der Waals surface area contributed by atoms with Crippen LogP contribution >= 0.6 is 0 Å². The first-order chi connectivity index (χ1) is 8.83. The molecule has 6 heteroatoms. The molecule has 1 heterocycles. The van der Waals surface area contributed by atoms with Crippen molar-refractivity contribution in [2.45, 2.75) is 6.92 Å². The van der Waals surface area contributed by atoms with Crippen LogP contribution in [0.2, 0.25) is 0 Å². The van der Waals surface area contributed by atoms with E-state index in [9.17, 15) is 4.79 Å². The van der Waals surface area contributed by atoms with Gasteiger partial charge in [-0.15, -0.1) is 0 Å². The van der Waals surface area contributed by atoms with Crippen molar-refractivity contribution >= 4 is 5.97 Å². The van der Waals surface area contributed by atoms with Gasteiger partial charge in [-0.25, -0.2) is 0 Å². The van der Waals surface area contributed by atoms with Crippen LogP contribution in [0.25, 0.3) is 0 Å². The lowest BCUT2D eigenvalue weighted by molar-refractivity contribution is -0.144. The van der Waals surface area contributed by atoms with Gasteiger partial charge in [-0.05, 0) is 6.92 Å². The molecule has 0 unspecified atom stereocenters. The van der Waals surface area contributed by atoms with Gasteiger partial charge in [0.05, 0.1) is 13.2 Å². The Morgan fingerprint density at radius 2 is 1.50 bits per heavy atom. The van der Waals surface area contributed by atoms with Gasteiger partial charge in [0.1, 0.15) is 0 Å². The summed E-state index contributed by atoms with van der Waals surface area (Å²) < 4.78 is 4.99. The summed E-state index contributed by atoms with van der Waals surface area (Å²) >= 11 is 0. The van der Waals surface area contributed by atoms with E-state index in [1.165, 1.54) is 0 Å². The maximum atomic E-state index is 11.5. The molecule has 0 amide bonds. The lowest BCUT2D eigenvalue weighted by Gasteiger charge is -2.22. The number of esters is 1. The molecule has 1 saturated heterocycles. The Hall–Kier alpha value is -0.690. The Kier molecular flexibility index (Phi) is 8.75. The first-order valence-electron chi connectivity index (χ1n) is 6.83. The summed E-state index contributed by atoms with van der Waals surface area (Å²) in [6, 6.07) is 0. The quantitative estimate of drug-likeness (QED) is 0.543. The number of carbonyl (C=O) groups excluding carboxylic acids is 1. The van der Waals surface area contributed by atoms with Crippen LogP contribution in [0, 0.1) is 0 Å². The Bertz CT molecular complexity index is 214. The number of nitrogens with one attached hydrogen (secondary N) is 3. The van der Waals surface area contributed by atoms with Crippen molar-refractivity contribution in [1.29, 1.82) is 0 Å². The summed E-state index contributed by atoms with van der Waals surface area (Å²) in [6.07, 6.45) is 0. The summed E-state index contributed by atoms with van der Waals surface area (Å²) in [7, 11) is 0. The van der Waals surface area contributed by atoms with E-state index in [0.29, 0.717) is 13.2 Å². The molecule has 0 saturated carbocycles. The monoisotopic (exact) mass is 258 g/mol. The number of rotatable bonds is 3. The van der Waals surface area contributed by atoms with Crippen LogP contribution in [-0.4, -0.2) is 76.4 Å². The van der Waals surface area contributed by atoms with Crippen molar-refractivity contribution in [3.63, 3.8) is 0 Å². The third-order valence-corrected chi connectivity index (χ3v) is 2.82. The summed E-state index contributed by atoms with van der Waals surface area (Å²) in [5.41, 5.74) is 0. The van der Waals surface area contributed by atoms with E-state index in [2.05, 4.69) is 20.9 Å². The second-order valence-electron chi connectivity index (χ2n) is 4.33. The van der Waals surface area contributed by atoms with Gasteiger partial charge < -0.3 is 20.7 Å². The van der Waals surface area contributed by atoms with E-state index >= 15 is 0 Å². The molecule has 1 fully saturated rings. The van der Waals surface area contributed by atoms with Crippen molar-refractivity contribution in [2.24, 2.45) is 0 Å². The van der Waals surface area contributed by atoms with Gasteiger partial charge in [-0.3, -0.25) is 9.69 Å². The van der Waals surface area contributed by atoms with Gasteiger partial charge in [-0.2, -0.15) is 0 Å². The van der Waals surface area contributed by atoms with Crippen LogP contribution in [0.4, 0.5) is 0 Å². The molecule has 0 atom stereocenters. The second kappa shape index (κ2) is 10.3. The Morgan fingerprint density at radius 1 is 1.00 bits per heavy atom. The molecule has 106 valence electrons. The molecule has 0 aromatic carbocycles. The molecule has 3 N–H and O–H groups in total. The molecule has 0 aliphatic carbocycles. The van der Waals surface area contributed by atoms with E-state index in [-0.39, 0.29) is 5.97 Å². The minimum atomic E-state index is -0.133. The Balaban J connectivity index is 2.29. The van der Waals surface area contributed by atoms with Crippen molar-refractivity contribution in [3.8, 4) is 0 Å². The smallest absolute Gasteiger partial charge is 0.320 e. The topological polar surface area (TPSA) is 65.6 Å². The molecule has 0 spiro atoms. The average molecular weight is 258 g/mol. The minimum absolute atomic E-state index is 0.133. The minimum Gasteiger partial charge on any atom is -0.465 e. The number of nitrogens with zero attached hydrogens (tertiary/aromatic N) is 1. The molecular formula is C12H26N4O2. The number of hydrogen-bond donors (Lipinski definition) is 3. The molecular weight excluding hydrogens is 232 g/mol. The van der Waals surface area contributed by atoms with E-state index in [1.54, 1.807) is 0 Å². The molecule has 0 radical (unpaired) electrons. The van der Waals surface area contributed by atoms with E-state index in [0.717, 1.165) is 52.4 Å². The average Bonchev–Trinajstić information content (AvgIpc) is 2.33. The molecule has 0 bridgehead atoms. The van der Waals surface area contributed by atoms with Crippen LogP contribution in [0.15, 0.2) is 0 Å². The third kappa shape index (κ3) is 7.60. The molecule has 1 rings (SSSR count). The van der Waals surface area contributed by atoms with Gasteiger partial charge >= 0.3 is 5.97 Å². The van der Waals surface area contributed by atoms with E-state index < -0.39 is 0 Å². The Morgan fingerprint density at radius 3 is 2.00 bits per heavy atom. The first kappa shape index (κ1) is 15.4. The highest BCUT2D eigenvalue weighted by Crippen LogP contribution is 1.90. The summed E-state index contributed by atoms with van der Waals surface area (Å²) in [6.45, 7) is 10.1. The molecule has 0 aromatic rings. The lowest BCUT2D eigenvalue weighted by atomic mass is 10.4. The third-order valence-electron chi connectivity index (χ3n) is 2.82. The Labute approximate surface area is 109 Å². The summed E-state index contributed by atoms with van der Waals surface area (Å²) in [4.78, 5) is 13.6.